The summed E-state index contributed by atoms with van der Waals surface area (Å²) in [6.07, 6.45) is 0. The summed E-state index contributed by atoms with van der Waals surface area (Å²) >= 11 is 0. The zero-order chi connectivity index (χ0) is 24.5. The van der Waals surface area contributed by atoms with Gasteiger partial charge in [-0.3, -0.25) is 4.79 Å². The lowest BCUT2D eigenvalue weighted by Crippen LogP contribution is -2.50. The molecule has 3 aromatic rings. The average molecular weight is 484 g/mol. The van der Waals surface area contributed by atoms with Gasteiger partial charge in [-0.25, -0.2) is 8.42 Å². The smallest absolute Gasteiger partial charge is 0.276 e. The molecule has 1 aliphatic rings. The summed E-state index contributed by atoms with van der Waals surface area (Å²) in [6.45, 7) is 8.83. The fourth-order valence-corrected chi connectivity index (χ4v) is 5.25. The Morgan fingerprint density at radius 2 is 1.65 bits per heavy atom. The Kier molecular flexibility index (Phi) is 6.77. The number of aryl methyl sites for hydroxylation is 4. The van der Waals surface area contributed by atoms with E-state index in [1.807, 2.05) is 39.0 Å². The summed E-state index contributed by atoms with van der Waals surface area (Å²) < 4.78 is 38.5. The van der Waals surface area contributed by atoms with Crippen molar-refractivity contribution in [2.45, 2.75) is 39.2 Å². The Hall–Kier alpha value is -3.17. The monoisotopic (exact) mass is 483 g/mol. The molecule has 0 spiro atoms. The molecule has 0 saturated carbocycles. The van der Waals surface area contributed by atoms with Gasteiger partial charge < -0.3 is 14.2 Å². The summed E-state index contributed by atoms with van der Waals surface area (Å²) in [5.74, 6) is 0.938. The molecule has 0 radical (unpaired) electrons. The molecule has 180 valence electrons. The Labute approximate surface area is 200 Å². The molecule has 0 N–H and O–H groups in total. The minimum Gasteiger partial charge on any atom is -0.489 e. The number of ether oxygens (including phenoxy) is 1. The zero-order valence-corrected chi connectivity index (χ0v) is 20.7. The highest BCUT2D eigenvalue weighted by Crippen LogP contribution is 2.23. The predicted molar refractivity (Wildman–Crippen MR) is 127 cm³/mol. The zero-order valence-electron chi connectivity index (χ0n) is 19.9. The van der Waals surface area contributed by atoms with Crippen molar-refractivity contribution in [3.63, 3.8) is 0 Å². The third-order valence-electron chi connectivity index (χ3n) is 6.23. The highest BCUT2D eigenvalue weighted by Gasteiger charge is 2.32. The lowest BCUT2D eigenvalue weighted by Gasteiger charge is -2.33. The van der Waals surface area contributed by atoms with Gasteiger partial charge in [-0.1, -0.05) is 28.9 Å². The SMILES string of the molecule is Cc1ccc(S(=O)(=O)N2CCN(C(=O)c3noc(C)c3COc3ccc(C)c(C)c3)CC2)cc1. The van der Waals surface area contributed by atoms with E-state index in [4.69, 9.17) is 9.26 Å². The summed E-state index contributed by atoms with van der Waals surface area (Å²) in [5.41, 5.74) is 4.09. The van der Waals surface area contributed by atoms with E-state index in [0.29, 0.717) is 17.1 Å². The topological polar surface area (TPSA) is 93.0 Å². The Morgan fingerprint density at radius 1 is 0.971 bits per heavy atom. The van der Waals surface area contributed by atoms with Crippen molar-refractivity contribution in [2.24, 2.45) is 0 Å². The maximum absolute atomic E-state index is 13.2. The van der Waals surface area contributed by atoms with Gasteiger partial charge in [-0.05, 0) is 63.1 Å². The van der Waals surface area contributed by atoms with Gasteiger partial charge in [0.25, 0.3) is 5.91 Å². The number of carbonyl (C=O) groups is 1. The Morgan fingerprint density at radius 3 is 2.29 bits per heavy atom. The molecule has 1 aliphatic heterocycles. The molecule has 34 heavy (non-hydrogen) atoms. The first-order valence-corrected chi connectivity index (χ1v) is 12.6. The number of carbonyl (C=O) groups excluding carboxylic acids is 1. The van der Waals surface area contributed by atoms with Gasteiger partial charge in [0.2, 0.25) is 10.0 Å². The van der Waals surface area contributed by atoms with Crippen LogP contribution in [0.5, 0.6) is 5.75 Å². The molecular formula is C25H29N3O5S. The molecule has 0 unspecified atom stereocenters. The first-order valence-electron chi connectivity index (χ1n) is 11.2. The van der Waals surface area contributed by atoms with Crippen LogP contribution in [0.25, 0.3) is 0 Å². The van der Waals surface area contributed by atoms with E-state index in [0.717, 1.165) is 11.1 Å². The second-order valence-electron chi connectivity index (χ2n) is 8.61. The average Bonchev–Trinajstić information content (AvgIpc) is 3.20. The largest absolute Gasteiger partial charge is 0.489 e. The van der Waals surface area contributed by atoms with E-state index < -0.39 is 10.0 Å². The number of rotatable bonds is 6. The molecule has 9 heteroatoms. The molecule has 4 rings (SSSR count). The third kappa shape index (κ3) is 4.85. The Balaban J connectivity index is 1.42. The van der Waals surface area contributed by atoms with Crippen molar-refractivity contribution in [3.8, 4) is 5.75 Å². The van der Waals surface area contributed by atoms with Gasteiger partial charge in [0.15, 0.2) is 5.69 Å². The van der Waals surface area contributed by atoms with Gasteiger partial charge in [-0.15, -0.1) is 0 Å². The van der Waals surface area contributed by atoms with E-state index in [1.54, 1.807) is 36.1 Å². The van der Waals surface area contributed by atoms with Crippen LogP contribution >= 0.6 is 0 Å². The molecule has 1 aromatic heterocycles. The van der Waals surface area contributed by atoms with Gasteiger partial charge >= 0.3 is 0 Å². The second kappa shape index (κ2) is 9.60. The highest BCUT2D eigenvalue weighted by atomic mass is 32.2. The van der Waals surface area contributed by atoms with Crippen LogP contribution in [0, 0.1) is 27.7 Å². The number of piperazine rings is 1. The van der Waals surface area contributed by atoms with Crippen LogP contribution < -0.4 is 4.74 Å². The Bertz CT molecular complexity index is 1290. The van der Waals surface area contributed by atoms with Crippen molar-refractivity contribution < 1.29 is 22.5 Å². The maximum Gasteiger partial charge on any atom is 0.276 e. The summed E-state index contributed by atoms with van der Waals surface area (Å²) in [4.78, 5) is 15.1. The van der Waals surface area contributed by atoms with Crippen molar-refractivity contribution >= 4 is 15.9 Å². The molecule has 1 fully saturated rings. The van der Waals surface area contributed by atoms with E-state index in [-0.39, 0.29) is 49.3 Å². The number of sulfonamides is 1. The molecule has 8 nitrogen and oxygen atoms in total. The van der Waals surface area contributed by atoms with Crippen LogP contribution in [0.3, 0.4) is 0 Å². The van der Waals surface area contributed by atoms with Crippen molar-refractivity contribution in [3.05, 3.63) is 76.2 Å². The van der Waals surface area contributed by atoms with Gasteiger partial charge in [0.1, 0.15) is 18.1 Å². The summed E-state index contributed by atoms with van der Waals surface area (Å²) in [6, 6.07) is 12.6. The van der Waals surface area contributed by atoms with E-state index in [1.165, 1.54) is 9.87 Å². The van der Waals surface area contributed by atoms with Crippen LogP contribution in [0.4, 0.5) is 0 Å². The lowest BCUT2D eigenvalue weighted by molar-refractivity contribution is 0.0685. The number of hydrogen-bond acceptors (Lipinski definition) is 6. The van der Waals surface area contributed by atoms with Crippen molar-refractivity contribution in [1.29, 1.82) is 0 Å². The van der Waals surface area contributed by atoms with Crippen molar-refractivity contribution in [2.75, 3.05) is 26.2 Å². The fraction of sp³-hybridized carbons (Fsp3) is 0.360. The quantitative estimate of drug-likeness (QED) is 0.532. The predicted octanol–water partition coefficient (Wildman–Crippen LogP) is 3.63. The minimum atomic E-state index is -3.60. The molecule has 0 bridgehead atoms. The molecule has 1 saturated heterocycles. The van der Waals surface area contributed by atoms with E-state index in [2.05, 4.69) is 5.16 Å². The van der Waals surface area contributed by atoms with Gasteiger partial charge in [0, 0.05) is 26.2 Å². The van der Waals surface area contributed by atoms with Crippen LogP contribution in [-0.2, 0) is 16.6 Å². The summed E-state index contributed by atoms with van der Waals surface area (Å²) in [5, 5.41) is 3.98. The number of benzene rings is 2. The lowest BCUT2D eigenvalue weighted by atomic mass is 10.1. The minimum absolute atomic E-state index is 0.153. The van der Waals surface area contributed by atoms with Crippen LogP contribution in [0.2, 0.25) is 0 Å². The maximum atomic E-state index is 13.2. The number of hydrogen-bond donors (Lipinski definition) is 0. The van der Waals surface area contributed by atoms with Crippen LogP contribution in [0.1, 0.15) is 38.5 Å². The van der Waals surface area contributed by atoms with Crippen LogP contribution in [0.15, 0.2) is 51.9 Å². The molecule has 1 amide bonds. The molecular weight excluding hydrogens is 454 g/mol. The summed E-state index contributed by atoms with van der Waals surface area (Å²) in [7, 11) is -3.60. The van der Waals surface area contributed by atoms with E-state index >= 15 is 0 Å². The standard InChI is InChI=1S/C25H29N3O5S/c1-17-5-9-22(10-6-17)34(30,31)28-13-11-27(12-14-28)25(29)24-23(20(4)33-26-24)16-32-21-8-7-18(2)19(3)15-21/h5-10,15H,11-14,16H2,1-4H3. The second-order valence-corrected chi connectivity index (χ2v) is 10.5. The van der Waals surface area contributed by atoms with Gasteiger partial charge in [-0.2, -0.15) is 4.31 Å². The first-order chi connectivity index (χ1) is 16.2. The third-order valence-corrected chi connectivity index (χ3v) is 8.15. The van der Waals surface area contributed by atoms with Crippen molar-refractivity contribution in [1.82, 2.24) is 14.4 Å². The normalized spacial score (nSPS) is 14.9. The number of nitrogens with zero attached hydrogens (tertiary/aromatic N) is 3. The number of aromatic nitrogens is 1. The van der Waals surface area contributed by atoms with Gasteiger partial charge in [0.05, 0.1) is 10.5 Å². The molecule has 0 atom stereocenters. The van der Waals surface area contributed by atoms with Crippen LogP contribution in [-0.4, -0.2) is 54.9 Å². The first kappa shape index (κ1) is 24.0. The number of amides is 1. The molecule has 0 aliphatic carbocycles. The fourth-order valence-electron chi connectivity index (χ4n) is 3.83. The molecule has 2 heterocycles. The highest BCUT2D eigenvalue weighted by molar-refractivity contribution is 7.89. The van der Waals surface area contributed by atoms with E-state index in [9.17, 15) is 13.2 Å². The molecule has 2 aromatic carbocycles.